The third-order valence-electron chi connectivity index (χ3n) is 3.41. The van der Waals surface area contributed by atoms with Crippen LogP contribution in [0.3, 0.4) is 0 Å². The van der Waals surface area contributed by atoms with Gasteiger partial charge in [-0.2, -0.15) is 5.10 Å². The molecule has 2 aromatic heterocycles. The van der Waals surface area contributed by atoms with Gasteiger partial charge in [-0.05, 0) is 37.6 Å². The molecule has 0 saturated heterocycles. The lowest BCUT2D eigenvalue weighted by molar-refractivity contribution is 0.0960. The molecule has 0 saturated carbocycles. The van der Waals surface area contributed by atoms with Crippen molar-refractivity contribution in [1.29, 1.82) is 0 Å². The van der Waals surface area contributed by atoms with Crippen molar-refractivity contribution in [1.82, 2.24) is 15.1 Å². The van der Waals surface area contributed by atoms with E-state index in [0.29, 0.717) is 18.0 Å². The summed E-state index contributed by atoms with van der Waals surface area (Å²) >= 11 is 1.43. The number of carbonyl (C=O) groups excluding carboxylic acids is 1. The first-order valence-electron chi connectivity index (χ1n) is 7.08. The van der Waals surface area contributed by atoms with E-state index in [0.717, 1.165) is 21.5 Å². The second-order valence-corrected chi connectivity index (χ2v) is 6.09. The van der Waals surface area contributed by atoms with E-state index >= 15 is 0 Å². The van der Waals surface area contributed by atoms with Gasteiger partial charge in [-0.3, -0.25) is 9.48 Å². The van der Waals surface area contributed by atoms with E-state index in [-0.39, 0.29) is 11.7 Å². The molecule has 1 amide bonds. The lowest BCUT2D eigenvalue weighted by Gasteiger charge is -2.03. The van der Waals surface area contributed by atoms with Crippen LogP contribution in [0.1, 0.15) is 27.9 Å². The largest absolute Gasteiger partial charge is 0.352 e. The average Bonchev–Trinajstić information content (AvgIpc) is 3.04. The van der Waals surface area contributed by atoms with Crippen molar-refractivity contribution in [3.63, 3.8) is 0 Å². The molecular weight excluding hydrogens is 301 g/mol. The van der Waals surface area contributed by atoms with Gasteiger partial charge in [0.05, 0.1) is 17.1 Å². The third kappa shape index (κ3) is 2.74. The fourth-order valence-electron chi connectivity index (χ4n) is 2.34. The molecule has 0 atom stereocenters. The van der Waals surface area contributed by atoms with Gasteiger partial charge in [0.1, 0.15) is 10.6 Å². The smallest absolute Gasteiger partial charge is 0.261 e. The summed E-state index contributed by atoms with van der Waals surface area (Å²) in [6, 6.07) is 8.26. The minimum atomic E-state index is -0.250. The van der Waals surface area contributed by atoms with E-state index in [9.17, 15) is 9.18 Å². The molecule has 22 heavy (non-hydrogen) atoms. The van der Waals surface area contributed by atoms with Crippen molar-refractivity contribution in [2.24, 2.45) is 0 Å². The average molecular weight is 317 g/mol. The number of amides is 1. The molecular formula is C16H16FN3OS. The Morgan fingerprint density at radius 2 is 2.09 bits per heavy atom. The van der Waals surface area contributed by atoms with Crippen LogP contribution >= 0.6 is 11.3 Å². The van der Waals surface area contributed by atoms with Gasteiger partial charge in [-0.25, -0.2) is 4.39 Å². The summed E-state index contributed by atoms with van der Waals surface area (Å²) in [4.78, 5) is 13.6. The Labute approximate surface area is 131 Å². The topological polar surface area (TPSA) is 46.9 Å². The van der Waals surface area contributed by atoms with E-state index in [1.807, 2.05) is 24.6 Å². The highest BCUT2D eigenvalue weighted by atomic mass is 32.1. The van der Waals surface area contributed by atoms with Crippen molar-refractivity contribution >= 4 is 27.5 Å². The highest BCUT2D eigenvalue weighted by Crippen LogP contribution is 2.28. The van der Waals surface area contributed by atoms with Crippen molar-refractivity contribution in [2.75, 3.05) is 6.54 Å². The molecule has 0 spiro atoms. The van der Waals surface area contributed by atoms with Crippen LogP contribution in [0.5, 0.6) is 0 Å². The summed E-state index contributed by atoms with van der Waals surface area (Å²) in [6.07, 6.45) is 0. The fourth-order valence-corrected chi connectivity index (χ4v) is 3.42. The van der Waals surface area contributed by atoms with E-state index in [2.05, 4.69) is 10.4 Å². The number of benzene rings is 1. The number of hydrogen-bond donors (Lipinski definition) is 1. The summed E-state index contributed by atoms with van der Waals surface area (Å²) in [6.45, 7) is 4.98. The third-order valence-corrected chi connectivity index (χ3v) is 4.56. The molecule has 0 unspecified atom stereocenters. The van der Waals surface area contributed by atoms with E-state index in [1.54, 1.807) is 12.1 Å². The van der Waals surface area contributed by atoms with E-state index < -0.39 is 0 Å². The summed E-state index contributed by atoms with van der Waals surface area (Å²) in [5, 5.41) is 8.32. The zero-order valence-electron chi connectivity index (χ0n) is 12.4. The monoisotopic (exact) mass is 317 g/mol. The standard InChI is InChI=1S/C16H16FN3OS/c1-3-18-15(21)14-8-13-10(2)19-20(16(13)22-14)9-11-4-6-12(17)7-5-11/h4-8H,3,9H2,1-2H3,(H,18,21). The second kappa shape index (κ2) is 5.88. The molecule has 3 aromatic rings. The summed E-state index contributed by atoms with van der Waals surface area (Å²) in [7, 11) is 0. The number of aromatic nitrogens is 2. The van der Waals surface area contributed by atoms with Crippen molar-refractivity contribution < 1.29 is 9.18 Å². The Hall–Kier alpha value is -2.21. The lowest BCUT2D eigenvalue weighted by atomic mass is 10.2. The Balaban J connectivity index is 1.95. The van der Waals surface area contributed by atoms with Crippen LogP contribution in [0, 0.1) is 12.7 Å². The maximum Gasteiger partial charge on any atom is 0.261 e. The SMILES string of the molecule is CCNC(=O)c1cc2c(C)nn(Cc3ccc(F)cc3)c2s1. The number of aryl methyl sites for hydroxylation is 1. The molecule has 0 aliphatic carbocycles. The molecule has 4 nitrogen and oxygen atoms in total. The maximum absolute atomic E-state index is 13.0. The quantitative estimate of drug-likeness (QED) is 0.802. The number of halogens is 1. The van der Waals surface area contributed by atoms with Gasteiger partial charge in [0, 0.05) is 11.9 Å². The van der Waals surface area contributed by atoms with E-state index in [4.69, 9.17) is 0 Å². The first kappa shape index (κ1) is 14.7. The number of fused-ring (bicyclic) bond motifs is 1. The maximum atomic E-state index is 13.0. The number of nitrogens with zero attached hydrogens (tertiary/aromatic N) is 2. The molecule has 0 bridgehead atoms. The van der Waals surface area contributed by atoms with Gasteiger partial charge in [0.15, 0.2) is 0 Å². The first-order chi connectivity index (χ1) is 10.6. The van der Waals surface area contributed by atoms with E-state index in [1.165, 1.54) is 23.5 Å². The second-order valence-electron chi connectivity index (χ2n) is 5.06. The van der Waals surface area contributed by atoms with Gasteiger partial charge in [-0.1, -0.05) is 12.1 Å². The van der Waals surface area contributed by atoms with Crippen molar-refractivity contribution in [2.45, 2.75) is 20.4 Å². The molecule has 1 N–H and O–H groups in total. The van der Waals surface area contributed by atoms with Crippen LogP contribution in [0.2, 0.25) is 0 Å². The van der Waals surface area contributed by atoms with Gasteiger partial charge < -0.3 is 5.32 Å². The number of rotatable bonds is 4. The minimum Gasteiger partial charge on any atom is -0.352 e. The molecule has 6 heteroatoms. The van der Waals surface area contributed by atoms with Crippen LogP contribution in [-0.4, -0.2) is 22.2 Å². The Morgan fingerprint density at radius 3 is 2.77 bits per heavy atom. The molecule has 0 aliphatic heterocycles. The Bertz CT molecular complexity index is 820. The lowest BCUT2D eigenvalue weighted by Crippen LogP contribution is -2.21. The summed E-state index contributed by atoms with van der Waals surface area (Å²) in [5.41, 5.74) is 1.86. The first-order valence-corrected chi connectivity index (χ1v) is 7.89. The van der Waals surface area contributed by atoms with Crippen molar-refractivity contribution in [3.8, 4) is 0 Å². The number of nitrogens with one attached hydrogen (secondary N) is 1. The summed E-state index contributed by atoms with van der Waals surface area (Å²) < 4.78 is 14.8. The summed E-state index contributed by atoms with van der Waals surface area (Å²) in [5.74, 6) is -0.309. The highest BCUT2D eigenvalue weighted by Gasteiger charge is 2.16. The van der Waals surface area contributed by atoms with Gasteiger partial charge in [0.2, 0.25) is 0 Å². The van der Waals surface area contributed by atoms with Crippen LogP contribution in [0.4, 0.5) is 4.39 Å². The molecule has 1 aromatic carbocycles. The minimum absolute atomic E-state index is 0.0589. The normalized spacial score (nSPS) is 11.0. The van der Waals surface area contributed by atoms with Crippen LogP contribution in [-0.2, 0) is 6.54 Å². The van der Waals surface area contributed by atoms with Gasteiger partial charge >= 0.3 is 0 Å². The zero-order chi connectivity index (χ0) is 15.7. The number of thiophene rings is 1. The van der Waals surface area contributed by atoms with Crippen LogP contribution < -0.4 is 5.32 Å². The zero-order valence-corrected chi connectivity index (χ0v) is 13.2. The fraction of sp³-hybridized carbons (Fsp3) is 0.250. The van der Waals surface area contributed by atoms with Crippen molar-refractivity contribution in [3.05, 3.63) is 52.3 Å². The molecule has 2 heterocycles. The molecule has 0 aliphatic rings. The predicted octanol–water partition coefficient (Wildman–Crippen LogP) is 3.34. The Kier molecular flexibility index (Phi) is 3.94. The molecule has 114 valence electrons. The number of carbonyl (C=O) groups is 1. The molecule has 3 rings (SSSR count). The van der Waals surface area contributed by atoms with Crippen LogP contribution in [0.25, 0.3) is 10.2 Å². The Morgan fingerprint density at radius 1 is 1.36 bits per heavy atom. The van der Waals surface area contributed by atoms with Gasteiger partial charge in [0.25, 0.3) is 5.91 Å². The predicted molar refractivity (Wildman–Crippen MR) is 85.9 cm³/mol. The highest BCUT2D eigenvalue weighted by molar-refractivity contribution is 7.20. The van der Waals surface area contributed by atoms with Crippen LogP contribution in [0.15, 0.2) is 30.3 Å². The molecule has 0 fully saturated rings. The van der Waals surface area contributed by atoms with Gasteiger partial charge in [-0.15, -0.1) is 11.3 Å². The molecule has 0 radical (unpaired) electrons. The number of hydrogen-bond acceptors (Lipinski definition) is 3.